The van der Waals surface area contributed by atoms with Gasteiger partial charge in [-0.1, -0.05) is 26.7 Å². The van der Waals surface area contributed by atoms with E-state index in [4.69, 9.17) is 0 Å². The molecule has 0 amide bonds. The lowest BCUT2D eigenvalue weighted by atomic mass is 9.77. The minimum absolute atomic E-state index is 0.175. The first kappa shape index (κ1) is 15.7. The largest absolute Gasteiger partial charge is 0.376 e. The lowest BCUT2D eigenvalue weighted by Crippen LogP contribution is -2.35. The second-order valence-corrected chi connectivity index (χ2v) is 6.32. The highest BCUT2D eigenvalue weighted by atomic mass is 19.1. The summed E-state index contributed by atoms with van der Waals surface area (Å²) in [5.74, 6) is 0.503. The van der Waals surface area contributed by atoms with Gasteiger partial charge in [-0.3, -0.25) is 10.1 Å². The predicted molar refractivity (Wildman–Crippen MR) is 82.0 cm³/mol. The predicted octanol–water partition coefficient (Wildman–Crippen LogP) is 4.67. The fourth-order valence-corrected chi connectivity index (χ4v) is 3.27. The van der Waals surface area contributed by atoms with E-state index >= 15 is 0 Å². The summed E-state index contributed by atoms with van der Waals surface area (Å²) in [6.07, 6.45) is 4.50. The van der Waals surface area contributed by atoms with E-state index in [1.807, 2.05) is 0 Å². The van der Waals surface area contributed by atoms with Crippen LogP contribution in [0.4, 0.5) is 15.8 Å². The van der Waals surface area contributed by atoms with Crippen LogP contribution in [0.2, 0.25) is 0 Å². The number of nitro benzene ring substituents is 1. The number of benzene rings is 1. The van der Waals surface area contributed by atoms with E-state index in [-0.39, 0.29) is 11.7 Å². The molecule has 1 aliphatic carbocycles. The minimum Gasteiger partial charge on any atom is -0.376 e. The third kappa shape index (κ3) is 3.52. The average Bonchev–Trinajstić information content (AvgIpc) is 2.42. The number of hydrogen-bond donors (Lipinski definition) is 1. The molecule has 0 bridgehead atoms. The standard InChI is InChI=1S/C16H23FN2O2/c1-10(2)12-6-4-5-7-14(12)18-15-8-11(3)13(17)9-16(15)19(20)21/h8-10,12,14,18H,4-7H2,1-3H3. The highest BCUT2D eigenvalue weighted by Gasteiger charge is 2.29. The van der Waals surface area contributed by atoms with Crippen molar-refractivity contribution in [2.45, 2.75) is 52.5 Å². The van der Waals surface area contributed by atoms with Gasteiger partial charge in [-0.2, -0.15) is 0 Å². The van der Waals surface area contributed by atoms with Gasteiger partial charge in [0.2, 0.25) is 0 Å². The second kappa shape index (κ2) is 6.41. The molecule has 2 rings (SSSR count). The van der Waals surface area contributed by atoms with Crippen LogP contribution in [0.25, 0.3) is 0 Å². The minimum atomic E-state index is -0.531. The molecule has 2 unspecified atom stereocenters. The molecular weight excluding hydrogens is 271 g/mol. The molecule has 1 aromatic rings. The highest BCUT2D eigenvalue weighted by molar-refractivity contribution is 5.63. The molecular formula is C16H23FN2O2. The van der Waals surface area contributed by atoms with Crippen molar-refractivity contribution in [3.05, 3.63) is 33.6 Å². The summed E-state index contributed by atoms with van der Waals surface area (Å²) in [5, 5.41) is 14.5. The Hall–Kier alpha value is -1.65. The molecule has 1 aliphatic rings. The zero-order chi connectivity index (χ0) is 15.6. The SMILES string of the molecule is Cc1cc(NC2CCCCC2C(C)C)c([N+](=O)[O-])cc1F. The molecule has 2 atom stereocenters. The Morgan fingerprint density at radius 1 is 1.33 bits per heavy atom. The molecule has 1 aromatic carbocycles. The molecule has 1 N–H and O–H groups in total. The van der Waals surface area contributed by atoms with Crippen LogP contribution >= 0.6 is 0 Å². The van der Waals surface area contributed by atoms with Gasteiger partial charge >= 0.3 is 0 Å². The molecule has 0 radical (unpaired) electrons. The lowest BCUT2D eigenvalue weighted by Gasteiger charge is -2.35. The van der Waals surface area contributed by atoms with Crippen molar-refractivity contribution in [2.75, 3.05) is 5.32 Å². The lowest BCUT2D eigenvalue weighted by molar-refractivity contribution is -0.384. The van der Waals surface area contributed by atoms with E-state index < -0.39 is 10.7 Å². The number of aryl methyl sites for hydroxylation is 1. The Balaban J connectivity index is 2.29. The van der Waals surface area contributed by atoms with Gasteiger partial charge in [0.1, 0.15) is 11.5 Å². The number of rotatable bonds is 4. The highest BCUT2D eigenvalue weighted by Crippen LogP contribution is 2.35. The number of hydrogen-bond acceptors (Lipinski definition) is 3. The molecule has 1 saturated carbocycles. The summed E-state index contributed by atoms with van der Waals surface area (Å²) in [6, 6.07) is 2.80. The van der Waals surface area contributed by atoms with Crippen molar-refractivity contribution in [2.24, 2.45) is 11.8 Å². The molecule has 4 nitrogen and oxygen atoms in total. The van der Waals surface area contributed by atoms with Crippen molar-refractivity contribution >= 4 is 11.4 Å². The molecule has 21 heavy (non-hydrogen) atoms. The number of anilines is 1. The number of nitrogens with zero attached hydrogens (tertiary/aromatic N) is 1. The Bertz CT molecular complexity index is 531. The summed E-state index contributed by atoms with van der Waals surface area (Å²) in [5.41, 5.74) is 0.697. The van der Waals surface area contributed by atoms with Crippen molar-refractivity contribution in [1.82, 2.24) is 0 Å². The van der Waals surface area contributed by atoms with E-state index in [1.54, 1.807) is 13.0 Å². The summed E-state index contributed by atoms with van der Waals surface area (Å²) in [4.78, 5) is 10.6. The van der Waals surface area contributed by atoms with Gasteiger partial charge in [-0.05, 0) is 43.2 Å². The van der Waals surface area contributed by atoms with Crippen LogP contribution in [-0.2, 0) is 0 Å². The Labute approximate surface area is 124 Å². The zero-order valence-corrected chi connectivity index (χ0v) is 12.9. The van der Waals surface area contributed by atoms with Gasteiger partial charge in [0.05, 0.1) is 11.0 Å². The second-order valence-electron chi connectivity index (χ2n) is 6.32. The van der Waals surface area contributed by atoms with E-state index in [0.29, 0.717) is 23.1 Å². The molecule has 116 valence electrons. The quantitative estimate of drug-likeness (QED) is 0.648. The maximum atomic E-state index is 13.6. The van der Waals surface area contributed by atoms with Crippen molar-refractivity contribution in [3.63, 3.8) is 0 Å². The smallest absolute Gasteiger partial charge is 0.295 e. The number of nitro groups is 1. The molecule has 0 spiro atoms. The normalized spacial score (nSPS) is 22.3. The molecule has 0 saturated heterocycles. The van der Waals surface area contributed by atoms with Crippen LogP contribution in [0.1, 0.15) is 45.1 Å². The molecule has 0 heterocycles. The third-order valence-corrected chi connectivity index (χ3v) is 4.49. The van der Waals surface area contributed by atoms with E-state index in [9.17, 15) is 14.5 Å². The number of halogens is 1. The van der Waals surface area contributed by atoms with Gasteiger partial charge in [0, 0.05) is 6.04 Å². The maximum absolute atomic E-state index is 13.6. The van der Waals surface area contributed by atoms with Gasteiger partial charge in [0.15, 0.2) is 0 Å². The topological polar surface area (TPSA) is 55.2 Å². The first-order chi connectivity index (χ1) is 9.90. The van der Waals surface area contributed by atoms with Crippen molar-refractivity contribution < 1.29 is 9.31 Å². The summed E-state index contributed by atoms with van der Waals surface area (Å²) in [6.45, 7) is 6.01. The zero-order valence-electron chi connectivity index (χ0n) is 12.9. The van der Waals surface area contributed by atoms with Gasteiger partial charge in [-0.25, -0.2) is 4.39 Å². The third-order valence-electron chi connectivity index (χ3n) is 4.49. The van der Waals surface area contributed by atoms with Gasteiger partial charge in [-0.15, -0.1) is 0 Å². The summed E-state index contributed by atoms with van der Waals surface area (Å²) in [7, 11) is 0. The molecule has 0 aliphatic heterocycles. The fraction of sp³-hybridized carbons (Fsp3) is 0.625. The molecule has 1 fully saturated rings. The molecule has 0 aromatic heterocycles. The average molecular weight is 294 g/mol. The van der Waals surface area contributed by atoms with Crippen LogP contribution in [0.3, 0.4) is 0 Å². The maximum Gasteiger partial charge on any atom is 0.295 e. The van der Waals surface area contributed by atoms with Crippen LogP contribution in [-0.4, -0.2) is 11.0 Å². The van der Waals surface area contributed by atoms with Crippen LogP contribution in [0, 0.1) is 34.7 Å². The van der Waals surface area contributed by atoms with Crippen molar-refractivity contribution in [1.29, 1.82) is 0 Å². The Kier molecular flexibility index (Phi) is 4.80. The monoisotopic (exact) mass is 294 g/mol. The first-order valence-corrected chi connectivity index (χ1v) is 7.61. The van der Waals surface area contributed by atoms with Crippen LogP contribution in [0.5, 0.6) is 0 Å². The van der Waals surface area contributed by atoms with E-state index in [1.165, 1.54) is 6.42 Å². The van der Waals surface area contributed by atoms with Gasteiger partial charge < -0.3 is 5.32 Å². The Morgan fingerprint density at radius 3 is 2.62 bits per heavy atom. The van der Waals surface area contributed by atoms with E-state index in [0.717, 1.165) is 25.3 Å². The molecule has 5 heteroatoms. The van der Waals surface area contributed by atoms with Gasteiger partial charge in [0.25, 0.3) is 5.69 Å². The van der Waals surface area contributed by atoms with Crippen LogP contribution in [0.15, 0.2) is 12.1 Å². The Morgan fingerprint density at radius 2 is 2.00 bits per heavy atom. The van der Waals surface area contributed by atoms with Crippen LogP contribution < -0.4 is 5.32 Å². The van der Waals surface area contributed by atoms with Crippen molar-refractivity contribution in [3.8, 4) is 0 Å². The summed E-state index contributed by atoms with van der Waals surface area (Å²) >= 11 is 0. The fourth-order valence-electron chi connectivity index (χ4n) is 3.27. The van der Waals surface area contributed by atoms with E-state index in [2.05, 4.69) is 19.2 Å². The number of nitrogens with one attached hydrogen (secondary N) is 1. The summed E-state index contributed by atoms with van der Waals surface area (Å²) < 4.78 is 13.6. The first-order valence-electron chi connectivity index (χ1n) is 7.61.